The van der Waals surface area contributed by atoms with E-state index in [0.717, 1.165) is 17.4 Å². The van der Waals surface area contributed by atoms with E-state index in [1.54, 1.807) is 0 Å². The van der Waals surface area contributed by atoms with Crippen LogP contribution in [0, 0.1) is 0 Å². The molecule has 2 rings (SSSR count). The molecule has 8 nitrogen and oxygen atoms in total. The fraction of sp³-hybridized carbons (Fsp3) is 0.538. The number of hydrogen-bond donors (Lipinski definition) is 1. The van der Waals surface area contributed by atoms with Crippen LogP contribution in [-0.4, -0.2) is 31.1 Å². The van der Waals surface area contributed by atoms with Gasteiger partial charge in [0.1, 0.15) is 6.54 Å². The number of aryl methyl sites for hydroxylation is 1. The fourth-order valence-corrected chi connectivity index (χ4v) is 2.39. The summed E-state index contributed by atoms with van der Waals surface area (Å²) in [6.45, 7) is 2.47. The molecule has 2 aromatic heterocycles. The first-order valence-corrected chi connectivity index (χ1v) is 7.34. The van der Waals surface area contributed by atoms with Gasteiger partial charge in [0.15, 0.2) is 11.2 Å². The minimum atomic E-state index is -0.529. The molecule has 0 aliphatic carbocycles. The molecule has 22 heavy (non-hydrogen) atoms. The molecule has 0 aromatic carbocycles. The molecule has 0 atom stereocenters. The second-order valence-electron chi connectivity index (χ2n) is 5.05. The molecule has 0 spiro atoms. The maximum Gasteiger partial charge on any atom is 0.332 e. The smallest absolute Gasteiger partial charge is 0.332 e. The van der Waals surface area contributed by atoms with Gasteiger partial charge in [0.2, 0.25) is 11.2 Å². The van der Waals surface area contributed by atoms with Gasteiger partial charge in [-0.25, -0.2) is 4.79 Å². The molecule has 0 bridgehead atoms. The Bertz CT molecular complexity index is 833. The van der Waals surface area contributed by atoms with Crippen LogP contribution in [0.3, 0.4) is 0 Å². The summed E-state index contributed by atoms with van der Waals surface area (Å²) < 4.78 is 3.51. The third-order valence-electron chi connectivity index (χ3n) is 3.46. The third-order valence-corrected chi connectivity index (χ3v) is 3.74. The van der Waals surface area contributed by atoms with Gasteiger partial charge in [0.25, 0.3) is 5.56 Å². The number of carbonyl (C=O) groups excluding carboxylic acids is 1. The summed E-state index contributed by atoms with van der Waals surface area (Å²) >= 11 is 6.03. The van der Waals surface area contributed by atoms with Gasteiger partial charge >= 0.3 is 5.69 Å². The van der Waals surface area contributed by atoms with Crippen molar-refractivity contribution in [3.8, 4) is 0 Å². The molecule has 0 unspecified atom stereocenters. The Balaban J connectivity index is 2.47. The number of amides is 1. The van der Waals surface area contributed by atoms with Gasteiger partial charge in [-0.2, -0.15) is 4.98 Å². The number of fused-ring (bicyclic) bond motifs is 1. The number of nitrogens with zero attached hydrogens (tertiary/aromatic N) is 4. The van der Waals surface area contributed by atoms with Crippen LogP contribution in [-0.2, 0) is 25.4 Å². The minimum Gasteiger partial charge on any atom is -0.355 e. The van der Waals surface area contributed by atoms with Gasteiger partial charge in [-0.05, 0) is 18.0 Å². The predicted molar refractivity (Wildman–Crippen MR) is 83.1 cm³/mol. The van der Waals surface area contributed by atoms with Crippen LogP contribution in [0.4, 0.5) is 0 Å². The van der Waals surface area contributed by atoms with Crippen molar-refractivity contribution in [1.82, 2.24) is 24.0 Å². The Hall–Kier alpha value is -2.09. The highest BCUT2D eigenvalue weighted by atomic mass is 35.5. The maximum atomic E-state index is 12.3. The number of halogens is 1. The van der Waals surface area contributed by atoms with Crippen molar-refractivity contribution >= 4 is 28.7 Å². The third kappa shape index (κ3) is 2.78. The zero-order valence-corrected chi connectivity index (χ0v) is 13.5. The van der Waals surface area contributed by atoms with Crippen LogP contribution < -0.4 is 16.6 Å². The van der Waals surface area contributed by atoms with Gasteiger partial charge in [-0.15, -0.1) is 0 Å². The number of hydrogen-bond acceptors (Lipinski definition) is 4. The lowest BCUT2D eigenvalue weighted by Crippen LogP contribution is -2.38. The number of imidazole rings is 1. The van der Waals surface area contributed by atoms with Gasteiger partial charge in [0.05, 0.1) is 0 Å². The molecular weight excluding hydrogens is 310 g/mol. The number of carbonyl (C=O) groups is 1. The number of rotatable bonds is 5. The highest BCUT2D eigenvalue weighted by Gasteiger charge is 2.19. The van der Waals surface area contributed by atoms with Gasteiger partial charge < -0.3 is 5.32 Å². The minimum absolute atomic E-state index is 0.000980. The molecule has 2 heterocycles. The quantitative estimate of drug-likeness (QED) is 0.618. The van der Waals surface area contributed by atoms with Gasteiger partial charge in [-0.1, -0.05) is 13.3 Å². The topological polar surface area (TPSA) is 90.9 Å². The molecule has 0 fully saturated rings. The van der Waals surface area contributed by atoms with Crippen molar-refractivity contribution < 1.29 is 4.79 Å². The van der Waals surface area contributed by atoms with Crippen LogP contribution in [0.25, 0.3) is 11.2 Å². The largest absolute Gasteiger partial charge is 0.355 e. The number of aromatic nitrogens is 4. The molecule has 1 N–H and O–H groups in total. The van der Waals surface area contributed by atoms with Crippen molar-refractivity contribution in [2.24, 2.45) is 14.1 Å². The molecule has 9 heteroatoms. The average Bonchev–Trinajstić information content (AvgIpc) is 2.80. The fourth-order valence-electron chi connectivity index (χ4n) is 2.17. The van der Waals surface area contributed by atoms with Crippen molar-refractivity contribution in [3.63, 3.8) is 0 Å². The van der Waals surface area contributed by atoms with Crippen molar-refractivity contribution in [2.45, 2.75) is 26.3 Å². The number of unbranched alkanes of at least 4 members (excludes halogenated alkanes) is 1. The SMILES string of the molecule is CCCCNC(=O)Cn1c(Cl)nc2c1c(=O)n(C)c(=O)n2C. The van der Waals surface area contributed by atoms with Gasteiger partial charge in [0, 0.05) is 20.6 Å². The second-order valence-corrected chi connectivity index (χ2v) is 5.39. The molecule has 1 amide bonds. The van der Waals surface area contributed by atoms with E-state index in [4.69, 9.17) is 11.6 Å². The molecule has 0 saturated carbocycles. The Labute approximate surface area is 131 Å². The van der Waals surface area contributed by atoms with Crippen LogP contribution in [0.15, 0.2) is 9.59 Å². The first-order chi connectivity index (χ1) is 10.4. The summed E-state index contributed by atoms with van der Waals surface area (Å²) in [5, 5.41) is 2.75. The van der Waals surface area contributed by atoms with Crippen LogP contribution in [0.5, 0.6) is 0 Å². The van der Waals surface area contributed by atoms with E-state index in [9.17, 15) is 14.4 Å². The lowest BCUT2D eigenvalue weighted by Gasteiger charge is -2.08. The van der Waals surface area contributed by atoms with Crippen molar-refractivity contribution in [2.75, 3.05) is 6.54 Å². The van der Waals surface area contributed by atoms with Crippen LogP contribution in [0.2, 0.25) is 5.28 Å². The monoisotopic (exact) mass is 327 g/mol. The van der Waals surface area contributed by atoms with E-state index in [1.807, 2.05) is 6.92 Å². The standard InChI is InChI=1S/C13H18ClN5O3/c1-4-5-6-15-8(20)7-19-9-10(16-12(19)14)17(2)13(22)18(3)11(9)21/h4-7H2,1-3H3,(H,15,20). The maximum absolute atomic E-state index is 12.3. The summed E-state index contributed by atoms with van der Waals surface area (Å²) in [5.41, 5.74) is -0.718. The Morgan fingerprint density at radius 1 is 1.27 bits per heavy atom. The van der Waals surface area contributed by atoms with Crippen molar-refractivity contribution in [3.05, 3.63) is 26.1 Å². The lowest BCUT2D eigenvalue weighted by molar-refractivity contribution is -0.121. The Kier molecular flexibility index (Phi) is 4.70. The summed E-state index contributed by atoms with van der Waals surface area (Å²) in [6, 6.07) is 0. The van der Waals surface area contributed by atoms with E-state index >= 15 is 0 Å². The van der Waals surface area contributed by atoms with E-state index in [2.05, 4.69) is 10.3 Å². The molecular formula is C13H18ClN5O3. The Morgan fingerprint density at radius 2 is 1.95 bits per heavy atom. The van der Waals surface area contributed by atoms with Crippen LogP contribution in [0.1, 0.15) is 19.8 Å². The predicted octanol–water partition coefficient (Wildman–Crippen LogP) is 0.00340. The normalized spacial score (nSPS) is 11.1. The van der Waals surface area contributed by atoms with E-state index < -0.39 is 11.2 Å². The van der Waals surface area contributed by atoms with Gasteiger partial charge in [-0.3, -0.25) is 23.3 Å². The molecule has 2 aromatic rings. The molecule has 0 aliphatic rings. The second kappa shape index (κ2) is 6.35. The van der Waals surface area contributed by atoms with Crippen LogP contribution >= 0.6 is 11.6 Å². The van der Waals surface area contributed by atoms with Crippen molar-refractivity contribution in [1.29, 1.82) is 0 Å². The summed E-state index contributed by atoms with van der Waals surface area (Å²) in [6.07, 6.45) is 1.85. The zero-order valence-electron chi connectivity index (χ0n) is 12.7. The lowest BCUT2D eigenvalue weighted by atomic mass is 10.3. The molecule has 0 saturated heterocycles. The first-order valence-electron chi connectivity index (χ1n) is 6.97. The molecule has 0 aliphatic heterocycles. The first kappa shape index (κ1) is 16.3. The summed E-state index contributed by atoms with van der Waals surface area (Å²) in [5.74, 6) is -0.259. The number of nitrogens with one attached hydrogen (secondary N) is 1. The summed E-state index contributed by atoms with van der Waals surface area (Å²) in [7, 11) is 2.87. The van der Waals surface area contributed by atoms with E-state index in [1.165, 1.54) is 23.2 Å². The molecule has 120 valence electrons. The van der Waals surface area contributed by atoms with E-state index in [0.29, 0.717) is 6.54 Å². The Morgan fingerprint density at radius 3 is 2.59 bits per heavy atom. The highest BCUT2D eigenvalue weighted by molar-refractivity contribution is 6.29. The highest BCUT2D eigenvalue weighted by Crippen LogP contribution is 2.15. The average molecular weight is 328 g/mol. The zero-order chi connectivity index (χ0) is 16.4. The molecule has 0 radical (unpaired) electrons. The van der Waals surface area contributed by atoms with E-state index in [-0.39, 0.29) is 28.9 Å². The summed E-state index contributed by atoms with van der Waals surface area (Å²) in [4.78, 5) is 40.1.